The van der Waals surface area contributed by atoms with Crippen LogP contribution in [-0.4, -0.2) is 42.8 Å². The van der Waals surface area contributed by atoms with Crippen molar-refractivity contribution in [2.24, 2.45) is 5.41 Å². The van der Waals surface area contributed by atoms with Crippen LogP contribution < -0.4 is 10.6 Å². The Bertz CT molecular complexity index is 397. The first-order valence-corrected chi connectivity index (χ1v) is 9.24. The van der Waals surface area contributed by atoms with Gasteiger partial charge in [0, 0.05) is 24.0 Å². The van der Waals surface area contributed by atoms with Crippen molar-refractivity contribution in [2.75, 3.05) is 26.2 Å². The van der Waals surface area contributed by atoms with Crippen LogP contribution in [0.15, 0.2) is 11.1 Å². The molecule has 2 aliphatic heterocycles. The third-order valence-corrected chi connectivity index (χ3v) is 5.90. The molecule has 0 aromatic rings. The molecule has 0 aromatic heterocycles. The summed E-state index contributed by atoms with van der Waals surface area (Å²) in [6, 6.07) is 0. The Morgan fingerprint density at radius 1 is 1.00 bits per heavy atom. The number of nitrogens with zero attached hydrogens (tertiary/aromatic N) is 1. The van der Waals surface area contributed by atoms with E-state index in [9.17, 15) is 0 Å². The standard InChI is InChI=1S/C19H37N3/c1-7-15(2)16(18(3,4)17-20-11-12-21-17)19(5,6)22-13-9-8-10-14-22/h17,20-21H,7-14H2,1-6H3. The van der Waals surface area contributed by atoms with Crippen molar-refractivity contribution in [1.29, 1.82) is 0 Å². The van der Waals surface area contributed by atoms with Crippen LogP contribution in [0.25, 0.3) is 0 Å². The molecule has 0 bridgehead atoms. The quantitative estimate of drug-likeness (QED) is 0.761. The molecule has 2 heterocycles. The summed E-state index contributed by atoms with van der Waals surface area (Å²) in [5.74, 6) is 0. The van der Waals surface area contributed by atoms with Crippen molar-refractivity contribution < 1.29 is 0 Å². The zero-order chi connectivity index (χ0) is 16.4. The topological polar surface area (TPSA) is 27.3 Å². The normalized spacial score (nSPS) is 23.7. The molecule has 2 rings (SSSR count). The van der Waals surface area contributed by atoms with Crippen molar-refractivity contribution in [3.63, 3.8) is 0 Å². The van der Waals surface area contributed by atoms with E-state index in [2.05, 4.69) is 57.1 Å². The smallest absolute Gasteiger partial charge is 0.0664 e. The Labute approximate surface area is 137 Å². The maximum absolute atomic E-state index is 3.67. The average molecular weight is 308 g/mol. The van der Waals surface area contributed by atoms with Crippen molar-refractivity contribution in [3.05, 3.63) is 11.1 Å². The first-order valence-electron chi connectivity index (χ1n) is 9.24. The minimum atomic E-state index is 0.123. The first-order chi connectivity index (χ1) is 10.3. The molecule has 2 aliphatic rings. The van der Waals surface area contributed by atoms with E-state index in [1.54, 1.807) is 11.1 Å². The molecule has 2 fully saturated rings. The fourth-order valence-corrected chi connectivity index (χ4v) is 4.81. The molecule has 2 N–H and O–H groups in total. The number of hydrogen-bond acceptors (Lipinski definition) is 3. The van der Waals surface area contributed by atoms with Gasteiger partial charge in [0.15, 0.2) is 0 Å². The molecule has 0 unspecified atom stereocenters. The summed E-state index contributed by atoms with van der Waals surface area (Å²) in [6.07, 6.45) is 5.62. The Balaban J connectivity index is 2.37. The van der Waals surface area contributed by atoms with Crippen LogP contribution >= 0.6 is 0 Å². The van der Waals surface area contributed by atoms with Gasteiger partial charge in [0.1, 0.15) is 0 Å². The van der Waals surface area contributed by atoms with Crippen LogP contribution in [0.1, 0.15) is 67.2 Å². The highest BCUT2D eigenvalue weighted by Gasteiger charge is 2.44. The lowest BCUT2D eigenvalue weighted by Crippen LogP contribution is -2.56. The Hall–Kier alpha value is -0.380. The maximum atomic E-state index is 3.67. The van der Waals surface area contributed by atoms with Crippen molar-refractivity contribution in [2.45, 2.75) is 78.9 Å². The second-order valence-electron chi connectivity index (χ2n) is 8.18. The van der Waals surface area contributed by atoms with Crippen molar-refractivity contribution in [3.8, 4) is 0 Å². The lowest BCUT2D eigenvalue weighted by Gasteiger charge is -2.50. The van der Waals surface area contributed by atoms with E-state index < -0.39 is 0 Å². The van der Waals surface area contributed by atoms with Crippen LogP contribution in [0, 0.1) is 5.41 Å². The van der Waals surface area contributed by atoms with Gasteiger partial charge in [0.2, 0.25) is 0 Å². The first kappa shape index (κ1) is 18.0. The largest absolute Gasteiger partial charge is 0.300 e. The van der Waals surface area contributed by atoms with E-state index in [4.69, 9.17) is 0 Å². The third kappa shape index (κ3) is 3.42. The molecule has 3 nitrogen and oxygen atoms in total. The molecular formula is C19H37N3. The second kappa shape index (κ2) is 7.02. The van der Waals surface area contributed by atoms with E-state index in [0.717, 1.165) is 19.5 Å². The van der Waals surface area contributed by atoms with Crippen LogP contribution in [-0.2, 0) is 0 Å². The van der Waals surface area contributed by atoms with Gasteiger partial charge in [0.05, 0.1) is 6.17 Å². The molecule has 3 heteroatoms. The zero-order valence-corrected chi connectivity index (χ0v) is 15.7. The van der Waals surface area contributed by atoms with Crippen molar-refractivity contribution >= 4 is 0 Å². The summed E-state index contributed by atoms with van der Waals surface area (Å²) in [4.78, 5) is 2.72. The molecule has 128 valence electrons. The lowest BCUT2D eigenvalue weighted by molar-refractivity contribution is 0.0952. The number of piperidine rings is 1. The average Bonchev–Trinajstić information content (AvgIpc) is 3.02. The van der Waals surface area contributed by atoms with Gasteiger partial charge in [0.25, 0.3) is 0 Å². The van der Waals surface area contributed by atoms with E-state index >= 15 is 0 Å². The van der Waals surface area contributed by atoms with E-state index in [1.807, 2.05) is 0 Å². The summed E-state index contributed by atoms with van der Waals surface area (Å²) >= 11 is 0. The van der Waals surface area contributed by atoms with Gasteiger partial charge in [-0.2, -0.15) is 0 Å². The van der Waals surface area contributed by atoms with Crippen LogP contribution in [0.5, 0.6) is 0 Å². The predicted molar refractivity (Wildman–Crippen MR) is 96.1 cm³/mol. The van der Waals surface area contributed by atoms with Gasteiger partial charge in [-0.15, -0.1) is 0 Å². The highest BCUT2D eigenvalue weighted by Crippen LogP contribution is 2.43. The zero-order valence-electron chi connectivity index (χ0n) is 15.7. The molecule has 0 aliphatic carbocycles. The number of allylic oxidation sites excluding steroid dienone is 1. The molecule has 0 spiro atoms. The third-order valence-electron chi connectivity index (χ3n) is 5.90. The number of likely N-dealkylation sites (tertiary alicyclic amines) is 1. The minimum absolute atomic E-state index is 0.123. The van der Waals surface area contributed by atoms with Gasteiger partial charge in [-0.05, 0) is 58.7 Å². The summed E-state index contributed by atoms with van der Waals surface area (Å²) < 4.78 is 0. The monoisotopic (exact) mass is 307 g/mol. The van der Waals surface area contributed by atoms with Gasteiger partial charge in [-0.1, -0.05) is 32.8 Å². The summed E-state index contributed by atoms with van der Waals surface area (Å²) in [5, 5.41) is 7.34. The van der Waals surface area contributed by atoms with Gasteiger partial charge in [-0.3, -0.25) is 15.5 Å². The van der Waals surface area contributed by atoms with Gasteiger partial charge < -0.3 is 0 Å². The Morgan fingerprint density at radius 3 is 2.05 bits per heavy atom. The van der Waals surface area contributed by atoms with Crippen LogP contribution in [0.2, 0.25) is 0 Å². The lowest BCUT2D eigenvalue weighted by atomic mass is 9.69. The molecule has 0 radical (unpaired) electrons. The summed E-state index contributed by atoms with van der Waals surface area (Å²) in [5.41, 5.74) is 3.46. The Kier molecular flexibility index (Phi) is 5.73. The van der Waals surface area contributed by atoms with Crippen molar-refractivity contribution in [1.82, 2.24) is 15.5 Å². The summed E-state index contributed by atoms with van der Waals surface area (Å²) in [6.45, 7) is 19.0. The SMILES string of the molecule is CCC(C)=C(C(C)(C)C1NCCN1)C(C)(C)N1CCCCC1. The molecule has 2 saturated heterocycles. The molecule has 0 amide bonds. The highest BCUT2D eigenvalue weighted by atomic mass is 15.2. The molecule has 0 atom stereocenters. The molecular weight excluding hydrogens is 270 g/mol. The maximum Gasteiger partial charge on any atom is 0.0664 e. The number of nitrogens with one attached hydrogen (secondary N) is 2. The van der Waals surface area contributed by atoms with E-state index in [-0.39, 0.29) is 11.0 Å². The van der Waals surface area contributed by atoms with Crippen LogP contribution in [0.4, 0.5) is 0 Å². The number of hydrogen-bond donors (Lipinski definition) is 2. The minimum Gasteiger partial charge on any atom is -0.300 e. The fraction of sp³-hybridized carbons (Fsp3) is 0.895. The Morgan fingerprint density at radius 2 is 1.55 bits per heavy atom. The van der Waals surface area contributed by atoms with E-state index in [1.165, 1.54) is 32.4 Å². The molecule has 22 heavy (non-hydrogen) atoms. The fourth-order valence-electron chi connectivity index (χ4n) is 4.81. The van der Waals surface area contributed by atoms with E-state index in [0.29, 0.717) is 6.17 Å². The predicted octanol–water partition coefficient (Wildman–Crippen LogP) is 3.52. The van der Waals surface area contributed by atoms with Crippen LogP contribution in [0.3, 0.4) is 0 Å². The number of rotatable bonds is 5. The van der Waals surface area contributed by atoms with Gasteiger partial charge in [-0.25, -0.2) is 0 Å². The molecule has 0 aromatic carbocycles. The molecule has 0 saturated carbocycles. The second-order valence-corrected chi connectivity index (χ2v) is 8.18. The highest BCUT2D eigenvalue weighted by molar-refractivity contribution is 5.32. The summed E-state index contributed by atoms with van der Waals surface area (Å²) in [7, 11) is 0. The van der Waals surface area contributed by atoms with Gasteiger partial charge >= 0.3 is 0 Å².